The molecule has 1 aromatic rings. The Balaban J connectivity index is 2.58. The number of rotatable bonds is 6. The van der Waals surface area contributed by atoms with E-state index in [4.69, 9.17) is 0 Å². The molecule has 2 amide bonds. The highest BCUT2D eigenvalue weighted by molar-refractivity contribution is 6.34. The van der Waals surface area contributed by atoms with Crippen molar-refractivity contribution >= 4 is 11.8 Å². The second-order valence-corrected chi connectivity index (χ2v) is 6.17. The second-order valence-electron chi connectivity index (χ2n) is 6.17. The van der Waals surface area contributed by atoms with Gasteiger partial charge >= 0.3 is 11.8 Å². The van der Waals surface area contributed by atoms with Crippen LogP contribution in [0.5, 0.6) is 0 Å². The summed E-state index contributed by atoms with van der Waals surface area (Å²) in [5.41, 5.74) is 0.984. The van der Waals surface area contributed by atoms with Crippen LogP contribution in [0.25, 0.3) is 0 Å². The molecule has 116 valence electrons. The zero-order valence-electron chi connectivity index (χ0n) is 13.4. The molecule has 0 atom stereocenters. The van der Waals surface area contributed by atoms with Crippen LogP contribution >= 0.6 is 0 Å². The van der Waals surface area contributed by atoms with Crippen molar-refractivity contribution in [1.29, 1.82) is 0 Å². The molecule has 0 unspecified atom stereocenters. The van der Waals surface area contributed by atoms with Gasteiger partial charge in [-0.2, -0.15) is 0 Å². The molecule has 0 radical (unpaired) electrons. The van der Waals surface area contributed by atoms with E-state index >= 15 is 0 Å². The number of hydrogen-bond acceptors (Lipinski definition) is 2. The van der Waals surface area contributed by atoms with Gasteiger partial charge in [-0.05, 0) is 17.4 Å². The van der Waals surface area contributed by atoms with E-state index in [0.717, 1.165) is 5.56 Å². The number of amides is 2. The molecule has 0 bridgehead atoms. The Labute approximate surface area is 127 Å². The summed E-state index contributed by atoms with van der Waals surface area (Å²) in [6.45, 7) is 9.77. The van der Waals surface area contributed by atoms with Crippen molar-refractivity contribution in [1.82, 2.24) is 10.2 Å². The summed E-state index contributed by atoms with van der Waals surface area (Å²) in [5, 5.41) is 2.70. The van der Waals surface area contributed by atoms with Gasteiger partial charge in [-0.3, -0.25) is 9.59 Å². The van der Waals surface area contributed by atoms with E-state index in [2.05, 4.69) is 5.32 Å². The van der Waals surface area contributed by atoms with Crippen LogP contribution in [0.15, 0.2) is 30.3 Å². The van der Waals surface area contributed by atoms with E-state index in [-0.39, 0.29) is 0 Å². The van der Waals surface area contributed by atoms with E-state index in [1.807, 2.05) is 58.0 Å². The van der Waals surface area contributed by atoms with E-state index in [0.29, 0.717) is 31.5 Å². The van der Waals surface area contributed by atoms with Crippen LogP contribution < -0.4 is 5.32 Å². The molecule has 0 spiro atoms. The lowest BCUT2D eigenvalue weighted by Gasteiger charge is -2.25. The highest BCUT2D eigenvalue weighted by Crippen LogP contribution is 2.05. The summed E-state index contributed by atoms with van der Waals surface area (Å²) < 4.78 is 0. The molecule has 0 fully saturated rings. The standard InChI is InChI=1S/C17H26N2O2/c1-13(2)11-19(12-14(3)4)17(21)16(20)18-10-15-8-6-5-7-9-15/h5-9,13-14H,10-12H2,1-4H3,(H,18,20). The maximum atomic E-state index is 12.2. The summed E-state index contributed by atoms with van der Waals surface area (Å²) >= 11 is 0. The zero-order valence-corrected chi connectivity index (χ0v) is 13.4. The molecule has 0 saturated heterocycles. The van der Waals surface area contributed by atoms with Crippen LogP contribution in [0.4, 0.5) is 0 Å². The van der Waals surface area contributed by atoms with Crippen molar-refractivity contribution < 1.29 is 9.59 Å². The van der Waals surface area contributed by atoms with E-state index in [1.165, 1.54) is 0 Å². The minimum Gasteiger partial charge on any atom is -0.344 e. The van der Waals surface area contributed by atoms with Crippen molar-refractivity contribution in [2.45, 2.75) is 34.2 Å². The van der Waals surface area contributed by atoms with E-state index < -0.39 is 11.8 Å². The van der Waals surface area contributed by atoms with Gasteiger partial charge in [0.05, 0.1) is 0 Å². The molecule has 1 rings (SSSR count). The SMILES string of the molecule is CC(C)CN(CC(C)C)C(=O)C(=O)NCc1ccccc1. The van der Waals surface area contributed by atoms with Crippen LogP contribution in [-0.2, 0) is 16.1 Å². The number of benzene rings is 1. The molecular formula is C17H26N2O2. The minimum absolute atomic E-state index is 0.342. The van der Waals surface area contributed by atoms with Gasteiger partial charge in [0.15, 0.2) is 0 Å². The quantitative estimate of drug-likeness (QED) is 0.818. The lowest BCUT2D eigenvalue weighted by molar-refractivity contribution is -0.146. The molecule has 0 heterocycles. The first kappa shape index (κ1) is 17.2. The van der Waals surface area contributed by atoms with Crippen LogP contribution in [0.3, 0.4) is 0 Å². The number of hydrogen-bond donors (Lipinski definition) is 1. The predicted octanol–water partition coefficient (Wildman–Crippen LogP) is 2.44. The smallest absolute Gasteiger partial charge is 0.311 e. The molecule has 0 aliphatic rings. The lowest BCUT2D eigenvalue weighted by Crippen LogP contribution is -2.45. The third-order valence-electron chi connectivity index (χ3n) is 2.95. The van der Waals surface area contributed by atoms with Gasteiger partial charge in [0.2, 0.25) is 0 Å². The topological polar surface area (TPSA) is 49.4 Å². The van der Waals surface area contributed by atoms with Crippen LogP contribution in [0.2, 0.25) is 0 Å². The molecule has 0 saturated carbocycles. The first-order valence-electron chi connectivity index (χ1n) is 7.51. The van der Waals surface area contributed by atoms with Crippen molar-refractivity contribution in [3.05, 3.63) is 35.9 Å². The molecule has 1 N–H and O–H groups in total. The fraction of sp³-hybridized carbons (Fsp3) is 0.529. The highest BCUT2D eigenvalue weighted by Gasteiger charge is 2.22. The second kappa shape index (κ2) is 8.45. The normalized spacial score (nSPS) is 10.8. The monoisotopic (exact) mass is 290 g/mol. The zero-order chi connectivity index (χ0) is 15.8. The van der Waals surface area contributed by atoms with Crippen LogP contribution in [0.1, 0.15) is 33.3 Å². The Morgan fingerprint density at radius 3 is 2.00 bits per heavy atom. The predicted molar refractivity (Wildman–Crippen MR) is 84.5 cm³/mol. The van der Waals surface area contributed by atoms with Gasteiger partial charge in [0, 0.05) is 19.6 Å². The van der Waals surface area contributed by atoms with Gasteiger partial charge in [-0.25, -0.2) is 0 Å². The van der Waals surface area contributed by atoms with Gasteiger partial charge in [-0.1, -0.05) is 58.0 Å². The highest BCUT2D eigenvalue weighted by atomic mass is 16.2. The third-order valence-corrected chi connectivity index (χ3v) is 2.95. The number of nitrogens with one attached hydrogen (secondary N) is 1. The first-order chi connectivity index (χ1) is 9.90. The van der Waals surface area contributed by atoms with Gasteiger partial charge < -0.3 is 10.2 Å². The summed E-state index contributed by atoms with van der Waals surface area (Å²) in [5.74, 6) is -0.280. The maximum Gasteiger partial charge on any atom is 0.311 e. The summed E-state index contributed by atoms with van der Waals surface area (Å²) in [6.07, 6.45) is 0. The molecule has 0 aliphatic heterocycles. The van der Waals surface area contributed by atoms with Crippen molar-refractivity contribution in [2.24, 2.45) is 11.8 Å². The summed E-state index contributed by atoms with van der Waals surface area (Å²) in [6, 6.07) is 9.58. The number of carbonyl (C=O) groups is 2. The average molecular weight is 290 g/mol. The van der Waals surface area contributed by atoms with Crippen LogP contribution in [-0.4, -0.2) is 29.8 Å². The molecule has 1 aromatic carbocycles. The van der Waals surface area contributed by atoms with E-state index in [1.54, 1.807) is 4.90 Å². The molecule has 4 heteroatoms. The average Bonchev–Trinajstić information content (AvgIpc) is 2.43. The molecule has 21 heavy (non-hydrogen) atoms. The Hall–Kier alpha value is -1.84. The van der Waals surface area contributed by atoms with Gasteiger partial charge in [-0.15, -0.1) is 0 Å². The van der Waals surface area contributed by atoms with Gasteiger partial charge in [0.1, 0.15) is 0 Å². The largest absolute Gasteiger partial charge is 0.344 e. The fourth-order valence-corrected chi connectivity index (χ4v) is 2.12. The van der Waals surface area contributed by atoms with Crippen molar-refractivity contribution in [3.8, 4) is 0 Å². The molecule has 0 aliphatic carbocycles. The third kappa shape index (κ3) is 6.43. The lowest BCUT2D eigenvalue weighted by atomic mass is 10.1. The summed E-state index contributed by atoms with van der Waals surface area (Å²) in [7, 11) is 0. The molecular weight excluding hydrogens is 264 g/mol. The molecule has 0 aromatic heterocycles. The van der Waals surface area contributed by atoms with E-state index in [9.17, 15) is 9.59 Å². The number of nitrogens with zero attached hydrogens (tertiary/aromatic N) is 1. The Morgan fingerprint density at radius 1 is 1.00 bits per heavy atom. The van der Waals surface area contributed by atoms with Gasteiger partial charge in [0.25, 0.3) is 0 Å². The Bertz CT molecular complexity index is 445. The number of carbonyl (C=O) groups excluding carboxylic acids is 2. The Morgan fingerprint density at radius 2 is 1.52 bits per heavy atom. The maximum absolute atomic E-state index is 12.2. The minimum atomic E-state index is -0.528. The van der Waals surface area contributed by atoms with Crippen LogP contribution in [0, 0.1) is 11.8 Å². The Kier molecular flexibility index (Phi) is 6.92. The summed E-state index contributed by atoms with van der Waals surface area (Å²) in [4.78, 5) is 25.9. The fourth-order valence-electron chi connectivity index (χ4n) is 2.12. The molecule has 4 nitrogen and oxygen atoms in total. The first-order valence-corrected chi connectivity index (χ1v) is 7.51. The van der Waals surface area contributed by atoms with Crippen molar-refractivity contribution in [2.75, 3.05) is 13.1 Å². The van der Waals surface area contributed by atoms with Crippen molar-refractivity contribution in [3.63, 3.8) is 0 Å².